The standard InChI is InChI=1S/C22H22N4O4/c1-2-23-20(27)15-30-18-10-8-17(9-11-18)24-22(29)19-12-13-21(28)26(25-19)14-16-6-4-3-5-7-16/h3-13H,2,14-15H2,1H3,(H,23,27)(H,24,29). The summed E-state index contributed by atoms with van der Waals surface area (Å²) in [6, 6.07) is 18.7. The molecule has 2 amide bonds. The summed E-state index contributed by atoms with van der Waals surface area (Å²) in [4.78, 5) is 36.0. The number of ether oxygens (including phenoxy) is 1. The number of aromatic nitrogens is 2. The zero-order valence-electron chi connectivity index (χ0n) is 16.5. The zero-order chi connectivity index (χ0) is 21.3. The predicted octanol–water partition coefficient (Wildman–Crippen LogP) is 2.06. The summed E-state index contributed by atoms with van der Waals surface area (Å²) in [5.74, 6) is -0.131. The van der Waals surface area contributed by atoms with Crippen molar-refractivity contribution in [2.24, 2.45) is 0 Å². The Labute approximate surface area is 173 Å². The first-order valence-electron chi connectivity index (χ1n) is 9.48. The number of nitrogens with zero attached hydrogens (tertiary/aromatic N) is 2. The quantitative estimate of drug-likeness (QED) is 0.596. The van der Waals surface area contributed by atoms with E-state index in [4.69, 9.17) is 4.74 Å². The van der Waals surface area contributed by atoms with Gasteiger partial charge in [-0.1, -0.05) is 30.3 Å². The van der Waals surface area contributed by atoms with Crippen molar-refractivity contribution in [2.45, 2.75) is 13.5 Å². The second-order valence-electron chi connectivity index (χ2n) is 6.42. The van der Waals surface area contributed by atoms with Crippen LogP contribution in [0.5, 0.6) is 5.75 Å². The fourth-order valence-electron chi connectivity index (χ4n) is 2.67. The molecule has 0 bridgehead atoms. The summed E-state index contributed by atoms with van der Waals surface area (Å²) < 4.78 is 6.63. The Kier molecular flexibility index (Phi) is 6.94. The van der Waals surface area contributed by atoms with E-state index in [9.17, 15) is 14.4 Å². The maximum Gasteiger partial charge on any atom is 0.276 e. The van der Waals surface area contributed by atoms with Gasteiger partial charge in [-0.2, -0.15) is 5.10 Å². The molecular formula is C22H22N4O4. The Balaban J connectivity index is 1.63. The first kappa shape index (κ1) is 20.8. The molecule has 3 rings (SSSR count). The highest BCUT2D eigenvalue weighted by Crippen LogP contribution is 2.16. The fraction of sp³-hybridized carbons (Fsp3) is 0.182. The lowest BCUT2D eigenvalue weighted by Crippen LogP contribution is -2.28. The topological polar surface area (TPSA) is 102 Å². The third-order valence-corrected chi connectivity index (χ3v) is 4.13. The number of carbonyl (C=O) groups is 2. The molecule has 0 fully saturated rings. The van der Waals surface area contributed by atoms with E-state index >= 15 is 0 Å². The van der Waals surface area contributed by atoms with Crippen LogP contribution in [0.1, 0.15) is 23.0 Å². The molecule has 0 saturated carbocycles. The first-order valence-corrected chi connectivity index (χ1v) is 9.48. The van der Waals surface area contributed by atoms with Crippen LogP contribution in [-0.4, -0.2) is 34.7 Å². The molecule has 0 spiro atoms. The number of anilines is 1. The van der Waals surface area contributed by atoms with Gasteiger partial charge in [-0.15, -0.1) is 0 Å². The molecule has 8 nitrogen and oxygen atoms in total. The first-order chi connectivity index (χ1) is 14.5. The maximum atomic E-state index is 12.5. The molecule has 154 valence electrons. The normalized spacial score (nSPS) is 10.3. The van der Waals surface area contributed by atoms with Gasteiger partial charge in [0.1, 0.15) is 11.4 Å². The van der Waals surface area contributed by atoms with Gasteiger partial charge >= 0.3 is 0 Å². The SMILES string of the molecule is CCNC(=O)COc1ccc(NC(=O)c2ccc(=O)n(Cc3ccccc3)n2)cc1. The molecule has 0 aliphatic heterocycles. The second-order valence-corrected chi connectivity index (χ2v) is 6.42. The molecular weight excluding hydrogens is 384 g/mol. The minimum Gasteiger partial charge on any atom is -0.484 e. The van der Waals surface area contributed by atoms with Crippen LogP contribution in [0.15, 0.2) is 71.5 Å². The number of hydrogen-bond acceptors (Lipinski definition) is 5. The highest BCUT2D eigenvalue weighted by Gasteiger charge is 2.11. The number of amides is 2. The summed E-state index contributed by atoms with van der Waals surface area (Å²) in [5, 5.41) is 9.54. The average molecular weight is 406 g/mol. The third-order valence-electron chi connectivity index (χ3n) is 4.13. The van der Waals surface area contributed by atoms with Crippen molar-refractivity contribution in [3.05, 3.63) is 88.3 Å². The van der Waals surface area contributed by atoms with Crippen molar-refractivity contribution in [1.29, 1.82) is 0 Å². The van der Waals surface area contributed by atoms with Crippen LogP contribution in [0, 0.1) is 0 Å². The molecule has 8 heteroatoms. The zero-order valence-corrected chi connectivity index (χ0v) is 16.5. The van der Waals surface area contributed by atoms with Gasteiger partial charge in [0.05, 0.1) is 6.54 Å². The number of hydrogen-bond donors (Lipinski definition) is 2. The second kappa shape index (κ2) is 10.0. The molecule has 0 saturated heterocycles. The molecule has 3 aromatic rings. The number of likely N-dealkylation sites (N-methyl/N-ethyl adjacent to an activating group) is 1. The molecule has 0 atom stereocenters. The van der Waals surface area contributed by atoms with E-state index in [2.05, 4.69) is 15.7 Å². The van der Waals surface area contributed by atoms with Crippen molar-refractivity contribution >= 4 is 17.5 Å². The fourth-order valence-corrected chi connectivity index (χ4v) is 2.67. The minimum absolute atomic E-state index is 0.0770. The number of nitrogens with one attached hydrogen (secondary N) is 2. The van der Waals surface area contributed by atoms with Crippen molar-refractivity contribution in [3.8, 4) is 5.75 Å². The molecule has 2 aromatic carbocycles. The van der Waals surface area contributed by atoms with E-state index in [1.807, 2.05) is 37.3 Å². The molecule has 30 heavy (non-hydrogen) atoms. The monoisotopic (exact) mass is 406 g/mol. The van der Waals surface area contributed by atoms with Crippen LogP contribution < -0.4 is 20.9 Å². The van der Waals surface area contributed by atoms with Gasteiger partial charge in [0.2, 0.25) is 0 Å². The molecule has 0 aliphatic carbocycles. The maximum absolute atomic E-state index is 12.5. The lowest BCUT2D eigenvalue weighted by molar-refractivity contribution is -0.122. The Hall–Kier alpha value is -3.94. The lowest BCUT2D eigenvalue weighted by atomic mass is 10.2. The van der Waals surface area contributed by atoms with E-state index in [1.165, 1.54) is 16.8 Å². The molecule has 0 unspecified atom stereocenters. The Morgan fingerprint density at radius 1 is 1.00 bits per heavy atom. The van der Waals surface area contributed by atoms with Crippen molar-refractivity contribution in [2.75, 3.05) is 18.5 Å². The van der Waals surface area contributed by atoms with Gasteiger partial charge in [0.15, 0.2) is 6.61 Å². The van der Waals surface area contributed by atoms with E-state index < -0.39 is 5.91 Å². The van der Waals surface area contributed by atoms with Gasteiger partial charge in [0, 0.05) is 18.3 Å². The van der Waals surface area contributed by atoms with Gasteiger partial charge in [-0.25, -0.2) is 4.68 Å². The summed E-state index contributed by atoms with van der Waals surface area (Å²) in [5.41, 5.74) is 1.28. The Morgan fingerprint density at radius 3 is 2.43 bits per heavy atom. The van der Waals surface area contributed by atoms with Gasteiger partial charge in [-0.05, 0) is 42.8 Å². The van der Waals surface area contributed by atoms with Crippen LogP contribution in [-0.2, 0) is 11.3 Å². The summed E-state index contributed by atoms with van der Waals surface area (Å²) >= 11 is 0. The van der Waals surface area contributed by atoms with Gasteiger partial charge < -0.3 is 15.4 Å². The third kappa shape index (κ3) is 5.78. The van der Waals surface area contributed by atoms with E-state index in [-0.39, 0.29) is 30.3 Å². The molecule has 0 radical (unpaired) electrons. The van der Waals surface area contributed by atoms with Crippen molar-refractivity contribution < 1.29 is 14.3 Å². The minimum atomic E-state index is -0.437. The number of benzene rings is 2. The van der Waals surface area contributed by atoms with Crippen LogP contribution in [0.3, 0.4) is 0 Å². The molecule has 1 heterocycles. The molecule has 0 aliphatic rings. The van der Waals surface area contributed by atoms with Crippen molar-refractivity contribution in [3.63, 3.8) is 0 Å². The van der Waals surface area contributed by atoms with E-state index in [0.29, 0.717) is 18.0 Å². The number of carbonyl (C=O) groups excluding carboxylic acids is 2. The highest BCUT2D eigenvalue weighted by atomic mass is 16.5. The highest BCUT2D eigenvalue weighted by molar-refractivity contribution is 6.02. The van der Waals surface area contributed by atoms with Crippen LogP contribution in [0.4, 0.5) is 5.69 Å². The molecule has 1 aromatic heterocycles. The number of rotatable bonds is 8. The Bertz CT molecular complexity index is 1060. The summed E-state index contributed by atoms with van der Waals surface area (Å²) in [6.07, 6.45) is 0. The van der Waals surface area contributed by atoms with E-state index in [0.717, 1.165) is 5.56 Å². The van der Waals surface area contributed by atoms with Gasteiger partial charge in [0.25, 0.3) is 17.4 Å². The van der Waals surface area contributed by atoms with Crippen LogP contribution >= 0.6 is 0 Å². The lowest BCUT2D eigenvalue weighted by Gasteiger charge is -2.09. The summed E-state index contributed by atoms with van der Waals surface area (Å²) in [7, 11) is 0. The summed E-state index contributed by atoms with van der Waals surface area (Å²) in [6.45, 7) is 2.57. The van der Waals surface area contributed by atoms with Crippen LogP contribution in [0.25, 0.3) is 0 Å². The average Bonchev–Trinajstić information content (AvgIpc) is 2.76. The van der Waals surface area contributed by atoms with Crippen molar-refractivity contribution in [1.82, 2.24) is 15.1 Å². The Morgan fingerprint density at radius 2 is 1.73 bits per heavy atom. The largest absolute Gasteiger partial charge is 0.484 e. The van der Waals surface area contributed by atoms with Crippen LogP contribution in [0.2, 0.25) is 0 Å². The predicted molar refractivity (Wildman–Crippen MR) is 113 cm³/mol. The van der Waals surface area contributed by atoms with E-state index in [1.54, 1.807) is 24.3 Å². The molecule has 2 N–H and O–H groups in total. The smallest absolute Gasteiger partial charge is 0.276 e. The van der Waals surface area contributed by atoms with Gasteiger partial charge in [-0.3, -0.25) is 14.4 Å².